The number of methoxy groups -OCH3 is 1. The number of nitrogens with one attached hydrogen (secondary N) is 2. The molecule has 8 nitrogen and oxygen atoms in total. The summed E-state index contributed by atoms with van der Waals surface area (Å²) in [5, 5.41) is 0.993. The summed E-state index contributed by atoms with van der Waals surface area (Å²) in [6.45, 7) is 5.46. The summed E-state index contributed by atoms with van der Waals surface area (Å²) in [7, 11) is -2.70. The number of aromatic amines is 1. The number of hydrogen-bond acceptors (Lipinski definition) is 6. The normalized spacial score (nSPS) is 12.2. The van der Waals surface area contributed by atoms with Gasteiger partial charge in [-0.1, -0.05) is 31.7 Å². The zero-order valence-corrected chi connectivity index (χ0v) is 20.1. The highest BCUT2D eigenvalue weighted by Crippen LogP contribution is 2.36. The summed E-state index contributed by atoms with van der Waals surface area (Å²) in [4.78, 5) is 15.9. The molecule has 0 radical (unpaired) electrons. The van der Waals surface area contributed by atoms with E-state index >= 15 is 0 Å². The Morgan fingerprint density at radius 3 is 2.60 bits per heavy atom. The standard InChI is InChI=1S/C26H25N3O5S/c1-4-34-23-7-5-6-8-25(23)35(31,32)29-26(30)17-9-11-19(24(13-17)33-3)16(2)21-15-28-22-12-10-18(27)14-20(21)22/h4-16,28H,1,27H2,2-3H3,(H,29,30). The van der Waals surface area contributed by atoms with Gasteiger partial charge in [-0.25, -0.2) is 13.1 Å². The highest BCUT2D eigenvalue weighted by Gasteiger charge is 2.24. The maximum atomic E-state index is 12.9. The van der Waals surface area contributed by atoms with Crippen LogP contribution in [0.4, 0.5) is 5.69 Å². The molecule has 1 amide bonds. The highest BCUT2D eigenvalue weighted by molar-refractivity contribution is 7.90. The molecule has 0 fully saturated rings. The van der Waals surface area contributed by atoms with Crippen LogP contribution < -0.4 is 19.9 Å². The van der Waals surface area contributed by atoms with Crippen molar-refractivity contribution in [2.75, 3.05) is 12.8 Å². The van der Waals surface area contributed by atoms with Crippen LogP contribution in [0.1, 0.15) is 34.3 Å². The number of nitrogen functional groups attached to an aromatic ring is 1. The van der Waals surface area contributed by atoms with Crippen molar-refractivity contribution in [3.05, 3.63) is 96.4 Å². The first-order chi connectivity index (χ1) is 16.7. The molecule has 9 heteroatoms. The summed E-state index contributed by atoms with van der Waals surface area (Å²) in [5.74, 6) is -0.375. The predicted molar refractivity (Wildman–Crippen MR) is 135 cm³/mol. The minimum atomic E-state index is -4.20. The van der Waals surface area contributed by atoms with E-state index in [1.807, 2.05) is 31.3 Å². The Morgan fingerprint density at radius 1 is 1.09 bits per heavy atom. The zero-order chi connectivity index (χ0) is 25.2. The number of amides is 1. The third-order valence-corrected chi connectivity index (χ3v) is 7.11. The number of benzene rings is 3. The quantitative estimate of drug-likeness (QED) is 0.245. The first-order valence-corrected chi connectivity index (χ1v) is 12.2. The molecule has 1 aromatic heterocycles. The van der Waals surface area contributed by atoms with Gasteiger partial charge in [0.25, 0.3) is 15.9 Å². The second-order valence-electron chi connectivity index (χ2n) is 7.89. The topological polar surface area (TPSA) is 124 Å². The molecule has 0 saturated heterocycles. The molecule has 0 saturated carbocycles. The van der Waals surface area contributed by atoms with Crippen molar-refractivity contribution in [1.82, 2.24) is 9.71 Å². The van der Waals surface area contributed by atoms with E-state index in [4.69, 9.17) is 15.2 Å². The number of nitrogens with two attached hydrogens (primary N) is 1. The van der Waals surface area contributed by atoms with Gasteiger partial charge in [-0.3, -0.25) is 4.79 Å². The van der Waals surface area contributed by atoms with E-state index in [-0.39, 0.29) is 22.1 Å². The molecule has 4 rings (SSSR count). The van der Waals surface area contributed by atoms with Crippen molar-refractivity contribution < 1.29 is 22.7 Å². The van der Waals surface area contributed by atoms with E-state index in [1.54, 1.807) is 18.2 Å². The van der Waals surface area contributed by atoms with Gasteiger partial charge in [-0.2, -0.15) is 0 Å². The van der Waals surface area contributed by atoms with Crippen LogP contribution in [0.5, 0.6) is 11.5 Å². The van der Waals surface area contributed by atoms with Gasteiger partial charge in [0.05, 0.1) is 13.4 Å². The molecule has 1 unspecified atom stereocenters. The maximum absolute atomic E-state index is 12.9. The fraction of sp³-hybridized carbons (Fsp3) is 0.115. The lowest BCUT2D eigenvalue weighted by molar-refractivity contribution is 0.0981. The number of fused-ring (bicyclic) bond motifs is 1. The molecule has 0 bridgehead atoms. The van der Waals surface area contributed by atoms with E-state index in [0.29, 0.717) is 11.4 Å². The number of sulfonamides is 1. The number of carbonyl (C=O) groups is 1. The average Bonchev–Trinajstić information content (AvgIpc) is 3.26. The lowest BCUT2D eigenvalue weighted by atomic mass is 9.91. The number of ether oxygens (including phenoxy) is 2. The van der Waals surface area contributed by atoms with Crippen LogP contribution >= 0.6 is 0 Å². The second kappa shape index (κ2) is 9.55. The third kappa shape index (κ3) is 4.71. The van der Waals surface area contributed by atoms with E-state index in [9.17, 15) is 13.2 Å². The van der Waals surface area contributed by atoms with Crippen molar-refractivity contribution in [3.8, 4) is 11.5 Å². The van der Waals surface area contributed by atoms with Crippen LogP contribution in [0.2, 0.25) is 0 Å². The van der Waals surface area contributed by atoms with Crippen molar-refractivity contribution in [2.24, 2.45) is 0 Å². The van der Waals surface area contributed by atoms with Crippen LogP contribution in [0.15, 0.2) is 84.6 Å². The SMILES string of the molecule is C=COc1ccccc1S(=O)(=O)NC(=O)c1ccc(C(C)c2c[nH]c3ccc(N)cc23)c(OC)c1. The molecule has 0 spiro atoms. The summed E-state index contributed by atoms with van der Waals surface area (Å²) >= 11 is 0. The predicted octanol–water partition coefficient (Wildman–Crippen LogP) is 4.55. The summed E-state index contributed by atoms with van der Waals surface area (Å²) in [6, 6.07) is 16.5. The molecule has 35 heavy (non-hydrogen) atoms. The number of rotatable bonds is 8. The zero-order valence-electron chi connectivity index (χ0n) is 19.2. The molecular formula is C26H25N3O5S. The fourth-order valence-corrected chi connectivity index (χ4v) is 5.10. The monoisotopic (exact) mass is 491 g/mol. The molecule has 0 aliphatic carbocycles. The minimum Gasteiger partial charge on any atom is -0.496 e. The molecule has 4 N–H and O–H groups in total. The molecule has 180 valence electrons. The van der Waals surface area contributed by atoms with E-state index < -0.39 is 15.9 Å². The number of anilines is 1. The molecule has 4 aromatic rings. The molecule has 1 atom stereocenters. The Balaban J connectivity index is 1.63. The van der Waals surface area contributed by atoms with Gasteiger partial charge in [-0.15, -0.1) is 0 Å². The van der Waals surface area contributed by atoms with Crippen LogP contribution in [0, 0.1) is 0 Å². The third-order valence-electron chi connectivity index (χ3n) is 5.74. The molecule has 1 heterocycles. The fourth-order valence-electron chi connectivity index (χ4n) is 3.99. The van der Waals surface area contributed by atoms with E-state index in [2.05, 4.69) is 16.3 Å². The Bertz CT molecular complexity index is 1530. The second-order valence-corrected chi connectivity index (χ2v) is 9.54. The Hall–Kier alpha value is -4.24. The van der Waals surface area contributed by atoms with Gasteiger partial charge in [0.2, 0.25) is 0 Å². The van der Waals surface area contributed by atoms with Crippen molar-refractivity contribution in [3.63, 3.8) is 0 Å². The van der Waals surface area contributed by atoms with Gasteiger partial charge < -0.3 is 20.2 Å². The number of para-hydroxylation sites is 1. The summed E-state index contributed by atoms with van der Waals surface area (Å²) < 4.78 is 38.5. The maximum Gasteiger partial charge on any atom is 0.268 e. The van der Waals surface area contributed by atoms with E-state index in [0.717, 1.165) is 28.3 Å². The average molecular weight is 492 g/mol. The Labute approximate surface area is 203 Å². The number of H-pyrrole nitrogens is 1. The first-order valence-electron chi connectivity index (χ1n) is 10.7. The molecule has 0 aliphatic heterocycles. The lowest BCUT2D eigenvalue weighted by Crippen LogP contribution is -2.30. The molecular weight excluding hydrogens is 466 g/mol. The summed E-state index contributed by atoms with van der Waals surface area (Å²) in [6.07, 6.45) is 3.03. The Morgan fingerprint density at radius 2 is 1.86 bits per heavy atom. The van der Waals surface area contributed by atoms with Gasteiger partial charge >= 0.3 is 0 Å². The first kappa shape index (κ1) is 23.9. The van der Waals surface area contributed by atoms with Crippen molar-refractivity contribution >= 4 is 32.5 Å². The van der Waals surface area contributed by atoms with Gasteiger partial charge in [0.15, 0.2) is 0 Å². The Kier molecular flexibility index (Phi) is 6.52. The number of hydrogen-bond donors (Lipinski definition) is 3. The van der Waals surface area contributed by atoms with Crippen LogP contribution in [0.25, 0.3) is 10.9 Å². The number of aromatic nitrogens is 1. The molecule has 0 aliphatic rings. The summed E-state index contributed by atoms with van der Waals surface area (Å²) in [5.41, 5.74) is 9.57. The van der Waals surface area contributed by atoms with E-state index in [1.165, 1.54) is 31.4 Å². The number of carbonyl (C=O) groups excluding carboxylic acids is 1. The molecule has 3 aromatic carbocycles. The van der Waals surface area contributed by atoms with Crippen molar-refractivity contribution in [2.45, 2.75) is 17.7 Å². The van der Waals surface area contributed by atoms with Crippen LogP contribution in [0.3, 0.4) is 0 Å². The highest BCUT2D eigenvalue weighted by atomic mass is 32.2. The van der Waals surface area contributed by atoms with Crippen molar-refractivity contribution in [1.29, 1.82) is 0 Å². The smallest absolute Gasteiger partial charge is 0.268 e. The van der Waals surface area contributed by atoms with Crippen LogP contribution in [-0.2, 0) is 10.0 Å². The van der Waals surface area contributed by atoms with Gasteiger partial charge in [0.1, 0.15) is 16.4 Å². The lowest BCUT2D eigenvalue weighted by Gasteiger charge is -2.17. The largest absolute Gasteiger partial charge is 0.496 e. The van der Waals surface area contributed by atoms with Gasteiger partial charge in [-0.05, 0) is 48.0 Å². The van der Waals surface area contributed by atoms with Crippen LogP contribution in [-0.4, -0.2) is 26.4 Å². The van der Waals surface area contributed by atoms with Gasteiger partial charge in [0, 0.05) is 39.8 Å². The minimum absolute atomic E-state index is 0.0592.